The maximum absolute atomic E-state index is 13.7. The van der Waals surface area contributed by atoms with E-state index in [1.807, 2.05) is 30.3 Å². The fraction of sp³-hybridized carbons (Fsp3) is 0.286. The van der Waals surface area contributed by atoms with Crippen molar-refractivity contribution in [1.29, 1.82) is 0 Å². The topological polar surface area (TPSA) is 86.8 Å². The Morgan fingerprint density at radius 2 is 1.62 bits per heavy atom. The number of amides is 2. The minimum atomic E-state index is -3.63. The van der Waals surface area contributed by atoms with Crippen LogP contribution in [-0.4, -0.2) is 51.0 Å². The predicted octanol–water partition coefficient (Wildman–Crippen LogP) is 5.58. The number of likely N-dealkylation sites (N-methyl/N-ethyl adjacent to an activating group) is 1. The van der Waals surface area contributed by atoms with Gasteiger partial charge in [-0.05, 0) is 47.9 Å². The molecule has 0 bridgehead atoms. The van der Waals surface area contributed by atoms with Crippen LogP contribution < -0.4 is 9.62 Å². The van der Waals surface area contributed by atoms with E-state index in [1.54, 1.807) is 42.5 Å². The number of anilines is 1. The lowest BCUT2D eigenvalue weighted by Crippen LogP contribution is -2.49. The van der Waals surface area contributed by atoms with E-state index >= 15 is 0 Å². The van der Waals surface area contributed by atoms with Crippen LogP contribution in [0.25, 0.3) is 0 Å². The average Bonchev–Trinajstić information content (AvgIpc) is 2.90. The number of halogens is 3. The van der Waals surface area contributed by atoms with Crippen molar-refractivity contribution >= 4 is 62.3 Å². The van der Waals surface area contributed by atoms with Gasteiger partial charge in [0.1, 0.15) is 6.04 Å². The Hall–Kier alpha value is -2.78. The number of nitrogens with zero attached hydrogens (tertiary/aromatic N) is 2. The molecular weight excluding hydrogens is 581 g/mol. The molecule has 0 radical (unpaired) electrons. The Morgan fingerprint density at radius 1 is 0.897 bits per heavy atom. The summed E-state index contributed by atoms with van der Waals surface area (Å²) in [4.78, 5) is 28.2. The highest BCUT2D eigenvalue weighted by Gasteiger charge is 2.30. The second kappa shape index (κ2) is 14.0. The van der Waals surface area contributed by atoms with Crippen LogP contribution in [-0.2, 0) is 32.6 Å². The largest absolute Gasteiger partial charge is 0.357 e. The fourth-order valence-electron chi connectivity index (χ4n) is 4.19. The van der Waals surface area contributed by atoms with Gasteiger partial charge in [-0.1, -0.05) is 77.3 Å². The zero-order chi connectivity index (χ0) is 28.6. The maximum atomic E-state index is 13.7. The first-order valence-electron chi connectivity index (χ1n) is 12.2. The third-order valence-corrected chi connectivity index (χ3v) is 8.27. The first-order valence-corrected chi connectivity index (χ1v) is 15.2. The van der Waals surface area contributed by atoms with Gasteiger partial charge in [0.25, 0.3) is 0 Å². The fourth-order valence-corrected chi connectivity index (χ4v) is 5.65. The molecule has 0 saturated heterocycles. The van der Waals surface area contributed by atoms with Crippen molar-refractivity contribution in [1.82, 2.24) is 10.2 Å². The van der Waals surface area contributed by atoms with E-state index in [9.17, 15) is 18.0 Å². The Labute approximate surface area is 244 Å². The highest BCUT2D eigenvalue weighted by atomic mass is 35.5. The van der Waals surface area contributed by atoms with Gasteiger partial charge in [0, 0.05) is 38.0 Å². The molecule has 3 aromatic rings. The maximum Gasteiger partial charge on any atom is 0.242 e. The van der Waals surface area contributed by atoms with Crippen molar-refractivity contribution in [3.63, 3.8) is 0 Å². The lowest BCUT2D eigenvalue weighted by Gasteiger charge is -2.31. The zero-order valence-electron chi connectivity index (χ0n) is 21.6. The van der Waals surface area contributed by atoms with Gasteiger partial charge in [-0.3, -0.25) is 13.9 Å². The molecule has 0 unspecified atom stereocenters. The second-order valence-corrected chi connectivity index (χ2v) is 12.2. The van der Waals surface area contributed by atoms with Crippen molar-refractivity contribution in [2.24, 2.45) is 0 Å². The van der Waals surface area contributed by atoms with Gasteiger partial charge >= 0.3 is 0 Å². The molecule has 39 heavy (non-hydrogen) atoms. The molecule has 208 valence electrons. The van der Waals surface area contributed by atoms with Gasteiger partial charge in [0.05, 0.1) is 22.0 Å². The Balaban J connectivity index is 1.86. The third kappa shape index (κ3) is 8.86. The Bertz CT molecular complexity index is 1400. The third-order valence-electron chi connectivity index (χ3n) is 6.10. The van der Waals surface area contributed by atoms with E-state index in [0.29, 0.717) is 32.7 Å². The molecule has 1 N–H and O–H groups in total. The standard InChI is InChI=1S/C28H30Cl3N3O4S/c1-32-28(36)26(17-20-8-4-3-5-9-20)33(19-21-13-14-24(30)25(31)16-21)27(35)12-7-15-34(39(2,37)38)23-11-6-10-22(29)18-23/h3-6,8-11,13-14,16,18,26H,7,12,15,17,19H2,1-2H3,(H,32,36)/t26-/m1/s1. The van der Waals surface area contributed by atoms with Gasteiger partial charge in [-0.15, -0.1) is 0 Å². The van der Waals surface area contributed by atoms with Crippen LogP contribution >= 0.6 is 34.8 Å². The molecule has 3 aromatic carbocycles. The van der Waals surface area contributed by atoms with Crippen molar-refractivity contribution in [3.8, 4) is 0 Å². The highest BCUT2D eigenvalue weighted by Crippen LogP contribution is 2.25. The molecule has 0 aliphatic carbocycles. The van der Waals surface area contributed by atoms with E-state index in [4.69, 9.17) is 34.8 Å². The van der Waals surface area contributed by atoms with Crippen molar-refractivity contribution in [2.75, 3.05) is 24.2 Å². The van der Waals surface area contributed by atoms with Gasteiger partial charge in [-0.25, -0.2) is 8.42 Å². The molecule has 0 spiro atoms. The van der Waals surface area contributed by atoms with E-state index in [-0.39, 0.29) is 37.7 Å². The molecule has 0 aliphatic rings. The highest BCUT2D eigenvalue weighted by molar-refractivity contribution is 7.92. The summed E-state index contributed by atoms with van der Waals surface area (Å²) in [6.45, 7) is 0.180. The number of sulfonamides is 1. The molecule has 2 amide bonds. The summed E-state index contributed by atoms with van der Waals surface area (Å²) in [5.74, 6) is -0.617. The minimum Gasteiger partial charge on any atom is -0.357 e. The molecule has 0 aromatic heterocycles. The van der Waals surface area contributed by atoms with E-state index in [1.165, 1.54) is 16.3 Å². The molecule has 1 atom stereocenters. The normalized spacial score (nSPS) is 12.0. The molecule has 7 nitrogen and oxygen atoms in total. The SMILES string of the molecule is CNC(=O)[C@@H](Cc1ccccc1)N(Cc1ccc(Cl)c(Cl)c1)C(=O)CCCN(c1cccc(Cl)c1)S(C)(=O)=O. The average molecular weight is 611 g/mol. The first-order chi connectivity index (χ1) is 18.5. The monoisotopic (exact) mass is 609 g/mol. The molecule has 0 heterocycles. The number of rotatable bonds is 12. The lowest BCUT2D eigenvalue weighted by atomic mass is 10.0. The number of carbonyl (C=O) groups is 2. The first kappa shape index (κ1) is 30.8. The van der Waals surface area contributed by atoms with Crippen LogP contribution in [0.1, 0.15) is 24.0 Å². The van der Waals surface area contributed by atoms with Gasteiger partial charge in [0.2, 0.25) is 21.8 Å². The summed E-state index contributed by atoms with van der Waals surface area (Å²) >= 11 is 18.4. The number of hydrogen-bond donors (Lipinski definition) is 1. The van der Waals surface area contributed by atoms with Crippen LogP contribution in [0.3, 0.4) is 0 Å². The quantitative estimate of drug-likeness (QED) is 0.290. The lowest BCUT2D eigenvalue weighted by molar-refractivity contribution is -0.141. The summed E-state index contributed by atoms with van der Waals surface area (Å²) in [7, 11) is -2.10. The van der Waals surface area contributed by atoms with Crippen molar-refractivity contribution < 1.29 is 18.0 Å². The van der Waals surface area contributed by atoms with Crippen LogP contribution in [0, 0.1) is 0 Å². The number of hydrogen-bond acceptors (Lipinski definition) is 4. The van der Waals surface area contributed by atoms with Crippen LogP contribution in [0.15, 0.2) is 72.8 Å². The zero-order valence-corrected chi connectivity index (χ0v) is 24.7. The van der Waals surface area contributed by atoms with Crippen LogP contribution in [0.2, 0.25) is 15.1 Å². The summed E-state index contributed by atoms with van der Waals surface area (Å²) in [6, 6.07) is 20.2. The van der Waals surface area contributed by atoms with Crippen molar-refractivity contribution in [2.45, 2.75) is 31.8 Å². The molecule has 11 heteroatoms. The van der Waals surface area contributed by atoms with Gasteiger partial charge in [-0.2, -0.15) is 0 Å². The van der Waals surface area contributed by atoms with Crippen LogP contribution in [0.5, 0.6) is 0 Å². The number of benzene rings is 3. The molecular formula is C28H30Cl3N3O4S. The van der Waals surface area contributed by atoms with Gasteiger partial charge in [0.15, 0.2) is 0 Å². The predicted molar refractivity (Wildman–Crippen MR) is 158 cm³/mol. The summed E-state index contributed by atoms with van der Waals surface area (Å²) < 4.78 is 26.2. The Morgan fingerprint density at radius 3 is 2.23 bits per heavy atom. The summed E-state index contributed by atoms with van der Waals surface area (Å²) in [6.07, 6.45) is 1.64. The van der Waals surface area contributed by atoms with E-state index in [2.05, 4.69) is 5.32 Å². The second-order valence-electron chi connectivity index (χ2n) is 9.01. The summed E-state index contributed by atoms with van der Waals surface area (Å²) in [5, 5.41) is 3.79. The molecule has 0 fully saturated rings. The summed E-state index contributed by atoms with van der Waals surface area (Å²) in [5.41, 5.74) is 2.01. The van der Waals surface area contributed by atoms with Gasteiger partial charge < -0.3 is 10.2 Å². The van der Waals surface area contributed by atoms with Crippen LogP contribution in [0.4, 0.5) is 5.69 Å². The number of nitrogens with one attached hydrogen (secondary N) is 1. The Kier molecular flexibility index (Phi) is 11.1. The molecule has 3 rings (SSSR count). The smallest absolute Gasteiger partial charge is 0.242 e. The minimum absolute atomic E-state index is 0.0101. The van der Waals surface area contributed by atoms with E-state index in [0.717, 1.165) is 11.8 Å². The van der Waals surface area contributed by atoms with E-state index < -0.39 is 16.1 Å². The molecule has 0 aliphatic heterocycles. The number of carbonyl (C=O) groups excluding carboxylic acids is 2. The van der Waals surface area contributed by atoms with Crippen molar-refractivity contribution in [3.05, 3.63) is 99.0 Å². The molecule has 0 saturated carbocycles.